The Morgan fingerprint density at radius 3 is 2.31 bits per heavy atom. The van der Waals surface area contributed by atoms with E-state index in [0.717, 1.165) is 0 Å². The molecule has 0 aliphatic rings. The summed E-state index contributed by atoms with van der Waals surface area (Å²) in [5.41, 5.74) is 0.998. The van der Waals surface area contributed by atoms with E-state index >= 15 is 0 Å². The molecule has 1 aromatic rings. The van der Waals surface area contributed by atoms with Crippen LogP contribution in [0.5, 0.6) is 0 Å². The third-order valence-electron chi connectivity index (χ3n) is 2.01. The zero-order valence-electron chi connectivity index (χ0n) is 8.80. The molecule has 0 aliphatic carbocycles. The first-order valence-electron chi connectivity index (χ1n) is 4.79. The number of carbonyl (C=O) groups excluding carboxylic acids is 1. The molecule has 0 saturated carbocycles. The van der Waals surface area contributed by atoms with E-state index in [2.05, 4.69) is 0 Å². The van der Waals surface area contributed by atoms with E-state index < -0.39 is 11.9 Å². The number of benzene rings is 1. The summed E-state index contributed by atoms with van der Waals surface area (Å²) < 4.78 is 4.81. The van der Waals surface area contributed by atoms with Gasteiger partial charge < -0.3 is 4.74 Å². The van der Waals surface area contributed by atoms with Gasteiger partial charge in [0.1, 0.15) is 0 Å². The van der Waals surface area contributed by atoms with Gasteiger partial charge in [0.15, 0.2) is 5.92 Å². The topological polar surface area (TPSA) is 73.9 Å². The highest BCUT2D eigenvalue weighted by Gasteiger charge is 2.10. The van der Waals surface area contributed by atoms with E-state index in [1.165, 1.54) is 0 Å². The molecular weight excluding hydrogens is 204 g/mol. The highest BCUT2D eigenvalue weighted by Crippen LogP contribution is 2.15. The Kier molecular flexibility index (Phi) is 4.06. The predicted octanol–water partition coefficient (Wildman–Crippen LogP) is 1.99. The molecule has 0 radical (unpaired) electrons. The molecule has 0 unspecified atom stereocenters. The van der Waals surface area contributed by atoms with Crippen LogP contribution in [-0.4, -0.2) is 12.6 Å². The number of hydrogen-bond donors (Lipinski definition) is 0. The van der Waals surface area contributed by atoms with Gasteiger partial charge in [0, 0.05) is 0 Å². The van der Waals surface area contributed by atoms with E-state index in [9.17, 15) is 4.79 Å². The largest absolute Gasteiger partial charge is 0.462 e. The molecule has 0 fully saturated rings. The van der Waals surface area contributed by atoms with Crippen molar-refractivity contribution < 1.29 is 9.53 Å². The first-order valence-corrected chi connectivity index (χ1v) is 4.79. The first-order chi connectivity index (χ1) is 7.72. The van der Waals surface area contributed by atoms with Crippen molar-refractivity contribution in [3.63, 3.8) is 0 Å². The van der Waals surface area contributed by atoms with Crippen LogP contribution in [0.15, 0.2) is 24.3 Å². The van der Waals surface area contributed by atoms with Crippen molar-refractivity contribution in [2.75, 3.05) is 6.61 Å². The van der Waals surface area contributed by atoms with Crippen molar-refractivity contribution in [1.82, 2.24) is 0 Å². The van der Waals surface area contributed by atoms with Gasteiger partial charge in [-0.05, 0) is 24.6 Å². The number of hydrogen-bond acceptors (Lipinski definition) is 4. The Balaban J connectivity index is 2.88. The number of rotatable bonds is 3. The molecule has 1 aromatic carbocycles. The fourth-order valence-corrected chi connectivity index (χ4v) is 1.20. The van der Waals surface area contributed by atoms with Gasteiger partial charge in [0.05, 0.1) is 24.3 Å². The fraction of sp³-hybridized carbons (Fsp3) is 0.250. The number of ether oxygens (including phenoxy) is 1. The monoisotopic (exact) mass is 214 g/mol. The molecule has 0 bridgehead atoms. The lowest BCUT2D eigenvalue weighted by Crippen LogP contribution is -2.04. The molecule has 0 N–H and O–H groups in total. The van der Waals surface area contributed by atoms with E-state index in [-0.39, 0.29) is 0 Å². The van der Waals surface area contributed by atoms with Gasteiger partial charge in [0.25, 0.3) is 0 Å². The van der Waals surface area contributed by atoms with Crippen LogP contribution >= 0.6 is 0 Å². The molecule has 0 aliphatic heterocycles. The summed E-state index contributed by atoms with van der Waals surface area (Å²) >= 11 is 0. The second-order valence-electron chi connectivity index (χ2n) is 3.03. The fourth-order valence-electron chi connectivity index (χ4n) is 1.20. The summed E-state index contributed by atoms with van der Waals surface area (Å²) in [6, 6.07) is 10.0. The molecule has 0 saturated heterocycles. The zero-order valence-corrected chi connectivity index (χ0v) is 8.80. The van der Waals surface area contributed by atoms with E-state index in [0.29, 0.717) is 17.7 Å². The molecule has 16 heavy (non-hydrogen) atoms. The Bertz CT molecular complexity index is 437. The molecule has 0 spiro atoms. The lowest BCUT2D eigenvalue weighted by atomic mass is 10.0. The van der Waals surface area contributed by atoms with Crippen molar-refractivity contribution >= 4 is 5.97 Å². The maximum atomic E-state index is 11.3. The smallest absolute Gasteiger partial charge is 0.338 e. The van der Waals surface area contributed by atoms with E-state index in [1.54, 1.807) is 31.2 Å². The van der Waals surface area contributed by atoms with Crippen molar-refractivity contribution in [1.29, 1.82) is 10.5 Å². The van der Waals surface area contributed by atoms with Gasteiger partial charge in [-0.2, -0.15) is 10.5 Å². The highest BCUT2D eigenvalue weighted by atomic mass is 16.5. The number of nitriles is 2. The summed E-state index contributed by atoms with van der Waals surface area (Å²) in [5.74, 6) is -1.20. The molecule has 1 rings (SSSR count). The summed E-state index contributed by atoms with van der Waals surface area (Å²) in [6.07, 6.45) is 0. The molecule has 4 heteroatoms. The maximum Gasteiger partial charge on any atom is 0.338 e. The van der Waals surface area contributed by atoms with Gasteiger partial charge in [-0.25, -0.2) is 4.79 Å². The summed E-state index contributed by atoms with van der Waals surface area (Å²) in [4.78, 5) is 11.3. The van der Waals surface area contributed by atoms with Crippen molar-refractivity contribution in [3.8, 4) is 12.1 Å². The van der Waals surface area contributed by atoms with E-state index in [4.69, 9.17) is 15.3 Å². The molecule has 0 amide bonds. The molecule has 0 aromatic heterocycles. The van der Waals surface area contributed by atoms with Crippen LogP contribution in [0, 0.1) is 22.7 Å². The molecular formula is C12H10N2O2. The van der Waals surface area contributed by atoms with Crippen LogP contribution in [0.2, 0.25) is 0 Å². The Labute approximate surface area is 93.7 Å². The quantitative estimate of drug-likeness (QED) is 0.721. The van der Waals surface area contributed by atoms with Gasteiger partial charge in [-0.3, -0.25) is 0 Å². The average Bonchev–Trinajstić information content (AvgIpc) is 2.32. The van der Waals surface area contributed by atoms with Crippen molar-refractivity contribution in [2.24, 2.45) is 0 Å². The summed E-state index contributed by atoms with van der Waals surface area (Å²) in [7, 11) is 0. The van der Waals surface area contributed by atoms with Crippen LogP contribution in [0.25, 0.3) is 0 Å². The van der Waals surface area contributed by atoms with Crippen LogP contribution in [-0.2, 0) is 4.74 Å². The molecule has 0 atom stereocenters. The van der Waals surface area contributed by atoms with Gasteiger partial charge >= 0.3 is 5.97 Å². The Morgan fingerprint density at radius 2 is 1.88 bits per heavy atom. The summed E-state index contributed by atoms with van der Waals surface area (Å²) in [6.45, 7) is 2.05. The first kappa shape index (κ1) is 11.7. The summed E-state index contributed by atoms with van der Waals surface area (Å²) in [5, 5.41) is 17.4. The second kappa shape index (κ2) is 5.53. The number of esters is 1. The van der Waals surface area contributed by atoms with Gasteiger partial charge in [-0.15, -0.1) is 0 Å². The van der Waals surface area contributed by atoms with Gasteiger partial charge in [-0.1, -0.05) is 12.1 Å². The predicted molar refractivity (Wildman–Crippen MR) is 56.4 cm³/mol. The Morgan fingerprint density at radius 1 is 1.31 bits per heavy atom. The number of nitrogens with zero attached hydrogens (tertiary/aromatic N) is 2. The molecule has 4 nitrogen and oxygen atoms in total. The molecule has 80 valence electrons. The van der Waals surface area contributed by atoms with Crippen LogP contribution in [0.3, 0.4) is 0 Å². The molecule has 0 heterocycles. The minimum Gasteiger partial charge on any atom is -0.462 e. The zero-order chi connectivity index (χ0) is 12.0. The lowest BCUT2D eigenvalue weighted by molar-refractivity contribution is 0.0526. The lowest BCUT2D eigenvalue weighted by Gasteiger charge is -2.03. The van der Waals surface area contributed by atoms with Crippen molar-refractivity contribution in [3.05, 3.63) is 35.4 Å². The van der Waals surface area contributed by atoms with Crippen LogP contribution in [0.4, 0.5) is 0 Å². The van der Waals surface area contributed by atoms with Crippen LogP contribution in [0.1, 0.15) is 28.8 Å². The van der Waals surface area contributed by atoms with E-state index in [1.807, 2.05) is 12.1 Å². The normalized spacial score (nSPS) is 9.25. The minimum atomic E-state index is -0.795. The van der Waals surface area contributed by atoms with Crippen LogP contribution < -0.4 is 0 Å². The second-order valence-corrected chi connectivity index (χ2v) is 3.03. The average molecular weight is 214 g/mol. The maximum absolute atomic E-state index is 11.3. The third-order valence-corrected chi connectivity index (χ3v) is 2.01. The highest BCUT2D eigenvalue weighted by molar-refractivity contribution is 5.89. The SMILES string of the molecule is CCOC(=O)c1ccc(C(C#N)C#N)cc1. The van der Waals surface area contributed by atoms with Gasteiger partial charge in [0.2, 0.25) is 0 Å². The minimum absolute atomic E-state index is 0.319. The van der Waals surface area contributed by atoms with Crippen molar-refractivity contribution in [2.45, 2.75) is 12.8 Å². The Hall–Kier alpha value is -2.33. The number of carbonyl (C=O) groups is 1. The standard InChI is InChI=1S/C12H10N2O2/c1-2-16-12(15)10-5-3-9(4-6-10)11(7-13)8-14/h3-6,11H,2H2,1H3. The third kappa shape index (κ3) is 2.59.